The Morgan fingerprint density at radius 2 is 1.20 bits per heavy atom. The van der Waals surface area contributed by atoms with Crippen LogP contribution in [0.25, 0.3) is 33.6 Å². The Kier molecular flexibility index (Phi) is 15.6. The monoisotopic (exact) mass is 1220 g/mol. The number of fused-ring (bicyclic) bond motifs is 12. The number of alkyl halides is 7. The third kappa shape index (κ3) is 11.0. The highest BCUT2D eigenvalue weighted by Gasteiger charge is 2.53. The first-order chi connectivity index (χ1) is 38.5. The summed E-state index contributed by atoms with van der Waals surface area (Å²) in [6.07, 6.45) is 10.8. The van der Waals surface area contributed by atoms with Crippen LogP contribution in [0.2, 0.25) is 10.0 Å². The van der Waals surface area contributed by atoms with Crippen LogP contribution in [0.3, 0.4) is 0 Å². The van der Waals surface area contributed by atoms with Crippen molar-refractivity contribution in [3.63, 3.8) is 0 Å². The highest BCUT2D eigenvalue weighted by Crippen LogP contribution is 2.52. The van der Waals surface area contributed by atoms with Crippen LogP contribution in [-0.4, -0.2) is 95.9 Å². The molecule has 0 saturated carbocycles. The highest BCUT2D eigenvalue weighted by atomic mass is 35.5. The lowest BCUT2D eigenvalue weighted by Gasteiger charge is -2.44. The standard InChI is InChI=1S/C22H19ClF2N4O3.C21H20ClF3N2O6S.C10H15BF2N2O2/c1-22(2)4-3-17-13-5-12(11-8-26-27(9-11)21(24)25)16(23)6-14(13)18-7-19(30)15(20(31)32)10-28(18)29(17)22;1-4-32-19(29)13-10-26-16(9-17(13)28)11-7-14(22)18(33-34(30,31)21(23,24)25)8-12(11)15-5-6-20(2,3)27(15)26;1-9(2)10(3,4)17-11(16-9)7-5-14-15(6-7)8(12)13/h5-10,17,21H,3-4H2,1-2H3,(H,31,32);7-10,15H,4-6H2,1-3H3;5-6,8H,1-4H3/t17-;15-;/m11./s1. The largest absolute Gasteiger partial charge is 0.534 e. The molecule has 2 atom stereocenters. The van der Waals surface area contributed by atoms with Gasteiger partial charge in [0.2, 0.25) is 0 Å². The minimum atomic E-state index is -5.94. The van der Waals surface area contributed by atoms with Gasteiger partial charge in [0, 0.05) is 75.9 Å². The minimum Gasteiger partial charge on any atom is -0.477 e. The van der Waals surface area contributed by atoms with E-state index in [1.807, 2.05) is 52.6 Å². The Hall–Kier alpha value is -6.88. The van der Waals surface area contributed by atoms with Gasteiger partial charge in [-0.1, -0.05) is 23.2 Å². The van der Waals surface area contributed by atoms with E-state index in [-0.39, 0.29) is 34.3 Å². The maximum absolute atomic E-state index is 13.0. The van der Waals surface area contributed by atoms with E-state index in [0.29, 0.717) is 71.9 Å². The van der Waals surface area contributed by atoms with Crippen LogP contribution < -0.4 is 30.5 Å². The average molecular weight is 1230 g/mol. The Bertz CT molecular complexity index is 3820. The van der Waals surface area contributed by atoms with E-state index in [1.54, 1.807) is 22.3 Å². The SMILES string of the molecule is CC1(C)CC[C@@H]2c3cc(-c4cnn(C(F)F)c4)c(Cl)cc3-c3cc(=O)c(C(=O)O)cn3N21.CC1(C)OB(c2cnn(C(F)F)c2)OC1(C)C.CCOC(=O)c1cn2c(cc1=O)-c1cc(Cl)c(OS(=O)(=O)C(F)(F)F)cc1[C@H]1CCC(C)(C)N12. The van der Waals surface area contributed by atoms with Crippen molar-refractivity contribution in [2.45, 2.75) is 141 Å². The second-order valence-electron chi connectivity index (χ2n) is 22.4. The number of benzene rings is 2. The van der Waals surface area contributed by atoms with Crippen LogP contribution >= 0.6 is 23.2 Å². The van der Waals surface area contributed by atoms with Crippen LogP contribution in [-0.2, 0) is 24.2 Å². The van der Waals surface area contributed by atoms with Gasteiger partial charge in [0.25, 0.3) is 0 Å². The third-order valence-electron chi connectivity index (χ3n) is 15.6. The van der Waals surface area contributed by atoms with E-state index >= 15 is 0 Å². The number of aromatic nitrogens is 6. The number of carboxylic acid groups (broad SMARTS) is 1. The van der Waals surface area contributed by atoms with Crippen molar-refractivity contribution in [1.82, 2.24) is 28.9 Å². The lowest BCUT2D eigenvalue weighted by Crippen LogP contribution is -2.50. The van der Waals surface area contributed by atoms with Gasteiger partial charge >= 0.3 is 47.8 Å². The maximum Gasteiger partial charge on any atom is 0.534 e. The molecule has 6 aromatic rings. The first-order valence-corrected chi connectivity index (χ1v) is 27.9. The summed E-state index contributed by atoms with van der Waals surface area (Å²) >= 11 is 12.7. The summed E-state index contributed by atoms with van der Waals surface area (Å²) in [7, 11) is -6.58. The van der Waals surface area contributed by atoms with Crippen molar-refractivity contribution in [3.8, 4) is 39.4 Å². The van der Waals surface area contributed by atoms with Crippen molar-refractivity contribution in [2.75, 3.05) is 16.6 Å². The number of nitrogens with zero attached hydrogens (tertiary/aromatic N) is 8. The van der Waals surface area contributed by atoms with Crippen LogP contribution in [0.15, 0.2) is 83.2 Å². The van der Waals surface area contributed by atoms with E-state index in [0.717, 1.165) is 24.5 Å². The molecule has 30 heteroatoms. The van der Waals surface area contributed by atoms with Crippen LogP contribution in [0, 0.1) is 0 Å². The molecular formula is C53H54BCl2F7N8O11S. The zero-order valence-electron chi connectivity index (χ0n) is 45.8. The fourth-order valence-electron chi connectivity index (χ4n) is 10.8. The fraction of sp³-hybridized carbons (Fsp3) is 0.434. The van der Waals surface area contributed by atoms with Gasteiger partial charge in [-0.05, 0) is 123 Å². The van der Waals surface area contributed by atoms with E-state index in [9.17, 15) is 63.4 Å². The zero-order valence-corrected chi connectivity index (χ0v) is 48.1. The van der Waals surface area contributed by atoms with E-state index < -0.39 is 87.2 Å². The molecule has 5 aliphatic rings. The van der Waals surface area contributed by atoms with E-state index in [1.165, 1.54) is 55.4 Å². The number of carbonyl (C=O) groups excluding carboxylic acids is 1. The topological polar surface area (TPSA) is 212 Å². The molecule has 83 heavy (non-hydrogen) atoms. The van der Waals surface area contributed by atoms with Crippen molar-refractivity contribution in [3.05, 3.63) is 126 Å². The van der Waals surface area contributed by atoms with Gasteiger partial charge in [-0.2, -0.15) is 49.3 Å². The van der Waals surface area contributed by atoms with E-state index in [2.05, 4.69) is 33.2 Å². The molecule has 0 aliphatic carbocycles. The quantitative estimate of drug-likeness (QED) is 0.0469. The number of carboxylic acids is 1. The number of rotatable bonds is 9. The van der Waals surface area contributed by atoms with Gasteiger partial charge in [-0.3, -0.25) is 29.0 Å². The van der Waals surface area contributed by atoms with Crippen molar-refractivity contribution in [2.24, 2.45) is 0 Å². The summed E-state index contributed by atoms with van der Waals surface area (Å²) in [5.41, 5.74) is -4.15. The molecule has 0 bridgehead atoms. The third-order valence-corrected chi connectivity index (χ3v) is 17.2. The summed E-state index contributed by atoms with van der Waals surface area (Å²) in [5, 5.41) is 20.6. The second kappa shape index (κ2) is 21.3. The smallest absolute Gasteiger partial charge is 0.477 e. The molecule has 9 heterocycles. The normalized spacial score (nSPS) is 19.3. The molecular weight excluding hydrogens is 1170 g/mol. The predicted octanol–water partition coefficient (Wildman–Crippen LogP) is 10.4. The average Bonchev–Trinajstić information content (AvgIpc) is 2.21. The summed E-state index contributed by atoms with van der Waals surface area (Å²) < 4.78 is 138. The summed E-state index contributed by atoms with van der Waals surface area (Å²) in [4.78, 5) is 49.2. The van der Waals surface area contributed by atoms with Gasteiger partial charge in [0.1, 0.15) is 11.1 Å². The summed E-state index contributed by atoms with van der Waals surface area (Å²) in [6, 6.07) is 8.02. The van der Waals surface area contributed by atoms with Crippen molar-refractivity contribution in [1.29, 1.82) is 0 Å². The summed E-state index contributed by atoms with van der Waals surface area (Å²) in [6.45, 7) is 11.9. The number of halogens is 9. The number of hydrogen-bond acceptors (Lipinski definition) is 14. The van der Waals surface area contributed by atoms with Gasteiger partial charge in [-0.25, -0.2) is 19.0 Å². The van der Waals surface area contributed by atoms with Gasteiger partial charge in [0.05, 0.1) is 63.6 Å². The lowest BCUT2D eigenvalue weighted by molar-refractivity contribution is -0.0500. The molecule has 3 saturated heterocycles. The number of carbonyl (C=O) groups is 2. The lowest BCUT2D eigenvalue weighted by atomic mass is 9.82. The molecule has 0 unspecified atom stereocenters. The summed E-state index contributed by atoms with van der Waals surface area (Å²) in [5.74, 6) is -2.73. The Morgan fingerprint density at radius 3 is 1.69 bits per heavy atom. The Morgan fingerprint density at radius 1 is 0.723 bits per heavy atom. The predicted molar refractivity (Wildman–Crippen MR) is 291 cm³/mol. The molecule has 444 valence electrons. The minimum absolute atomic E-state index is 0.0832. The molecule has 19 nitrogen and oxygen atoms in total. The molecule has 0 amide bonds. The van der Waals surface area contributed by atoms with Crippen LogP contribution in [0.5, 0.6) is 5.75 Å². The first-order valence-electron chi connectivity index (χ1n) is 25.7. The number of aromatic carboxylic acids is 1. The number of ether oxygens (including phenoxy) is 1. The molecule has 11 rings (SSSR count). The number of esters is 1. The zero-order chi connectivity index (χ0) is 61.0. The number of pyridine rings is 2. The first kappa shape index (κ1) is 60.7. The van der Waals surface area contributed by atoms with Gasteiger partial charge in [0.15, 0.2) is 16.6 Å². The van der Waals surface area contributed by atoms with E-state index in [4.69, 9.17) is 37.2 Å². The molecule has 3 fully saturated rings. The highest BCUT2D eigenvalue weighted by molar-refractivity contribution is 7.88. The van der Waals surface area contributed by atoms with Crippen molar-refractivity contribution < 1.29 is 72.1 Å². The molecule has 5 aliphatic heterocycles. The fourth-order valence-corrected chi connectivity index (χ4v) is 11.8. The maximum atomic E-state index is 13.0. The van der Waals surface area contributed by atoms with Crippen LogP contribution in [0.4, 0.5) is 30.7 Å². The number of hydrogen-bond donors (Lipinski definition) is 1. The molecule has 4 aromatic heterocycles. The Balaban J connectivity index is 0.000000158. The van der Waals surface area contributed by atoms with Crippen LogP contribution in [0.1, 0.15) is 145 Å². The Labute approximate surface area is 480 Å². The van der Waals surface area contributed by atoms with Gasteiger partial charge < -0.3 is 23.3 Å². The molecule has 1 N–H and O–H groups in total. The molecule has 0 spiro atoms. The second-order valence-corrected chi connectivity index (χ2v) is 24.7. The van der Waals surface area contributed by atoms with Gasteiger partial charge in [-0.15, -0.1) is 0 Å². The molecule has 0 radical (unpaired) electrons. The molecule has 2 aromatic carbocycles. The van der Waals surface area contributed by atoms with Crippen molar-refractivity contribution >= 4 is 57.8 Å².